The molecule has 0 spiro atoms. The highest BCUT2D eigenvalue weighted by Gasteiger charge is 2.16. The Balaban J connectivity index is 1.39. The van der Waals surface area contributed by atoms with Crippen LogP contribution in [0.4, 0.5) is 0 Å². The van der Waals surface area contributed by atoms with Crippen molar-refractivity contribution in [2.45, 2.75) is 6.92 Å². The third-order valence-corrected chi connectivity index (χ3v) is 11.3. The van der Waals surface area contributed by atoms with Gasteiger partial charge in [-0.05, 0) is 135 Å². The van der Waals surface area contributed by atoms with Gasteiger partial charge in [-0.15, -0.1) is 0 Å². The second-order valence-electron chi connectivity index (χ2n) is 14.2. The summed E-state index contributed by atoms with van der Waals surface area (Å²) >= 11 is 0. The van der Waals surface area contributed by atoms with Gasteiger partial charge in [0.05, 0.1) is 5.69 Å². The lowest BCUT2D eigenvalue weighted by atomic mass is 9.86. The van der Waals surface area contributed by atoms with Gasteiger partial charge < -0.3 is 0 Å². The molecule has 53 heavy (non-hydrogen) atoms. The van der Waals surface area contributed by atoms with Crippen molar-refractivity contribution < 1.29 is 0 Å². The molecule has 2 heterocycles. The summed E-state index contributed by atoms with van der Waals surface area (Å²) in [4.78, 5) is 9.20. The predicted molar refractivity (Wildman–Crippen MR) is 227 cm³/mol. The third-order valence-electron chi connectivity index (χ3n) is 11.3. The molecule has 11 rings (SSSR count). The Labute approximate surface area is 306 Å². The van der Waals surface area contributed by atoms with E-state index in [1.807, 2.05) is 18.5 Å². The molecule has 0 fully saturated rings. The maximum absolute atomic E-state index is 4.89. The molecule has 0 radical (unpaired) electrons. The van der Waals surface area contributed by atoms with Crippen LogP contribution < -0.4 is 0 Å². The van der Waals surface area contributed by atoms with E-state index in [0.29, 0.717) is 0 Å². The first kappa shape index (κ1) is 29.8. The van der Waals surface area contributed by atoms with Gasteiger partial charge >= 0.3 is 0 Å². The zero-order valence-corrected chi connectivity index (χ0v) is 29.1. The van der Waals surface area contributed by atoms with Crippen LogP contribution in [-0.2, 0) is 0 Å². The molecule has 2 aromatic heterocycles. The van der Waals surface area contributed by atoms with E-state index in [1.165, 1.54) is 91.7 Å². The van der Waals surface area contributed by atoms with Gasteiger partial charge in [0, 0.05) is 29.7 Å². The molecule has 0 aliphatic rings. The molecule has 0 aliphatic carbocycles. The lowest BCUT2D eigenvalue weighted by Crippen LogP contribution is -1.89. The highest BCUT2D eigenvalue weighted by molar-refractivity contribution is 6.37. The van der Waals surface area contributed by atoms with Crippen molar-refractivity contribution in [2.24, 2.45) is 0 Å². The largest absolute Gasteiger partial charge is 0.264 e. The fourth-order valence-corrected chi connectivity index (χ4v) is 8.80. The summed E-state index contributed by atoms with van der Waals surface area (Å²) in [7, 11) is 0. The minimum atomic E-state index is 0.912. The number of hydrogen-bond acceptors (Lipinski definition) is 2. The summed E-state index contributed by atoms with van der Waals surface area (Å²) in [6, 6.07) is 58.4. The second-order valence-corrected chi connectivity index (χ2v) is 14.2. The highest BCUT2D eigenvalue weighted by Crippen LogP contribution is 2.44. The Morgan fingerprint density at radius 2 is 0.925 bits per heavy atom. The summed E-state index contributed by atoms with van der Waals surface area (Å²) in [5, 5.41) is 20.1. The van der Waals surface area contributed by atoms with Crippen LogP contribution in [0, 0.1) is 6.92 Å². The molecule has 0 N–H and O–H groups in total. The minimum absolute atomic E-state index is 0.912. The molecule has 246 valence electrons. The van der Waals surface area contributed by atoms with Gasteiger partial charge in [-0.25, -0.2) is 0 Å². The Morgan fingerprint density at radius 3 is 1.60 bits per heavy atom. The molecule has 0 amide bonds. The van der Waals surface area contributed by atoms with Crippen LogP contribution in [0.5, 0.6) is 0 Å². The quantitative estimate of drug-likeness (QED) is 0.171. The molecule has 0 saturated heterocycles. The first-order valence-electron chi connectivity index (χ1n) is 18.2. The van der Waals surface area contributed by atoms with E-state index in [-0.39, 0.29) is 0 Å². The topological polar surface area (TPSA) is 25.8 Å². The standard InChI is InChI=1S/C51H32N2/c1-31-16-17-32-18-24-45-50-34(20-22-37(31)49(32)50)28-47-46-27-33(35-21-25-48(53-30-35)36-9-8-26-52-29-36)19-23-43(46)41-13-5-3-11-39(41)38-10-2-4-12-40(38)42-14-6-7-15-44(42)51(45)47/h2-30H,1H3. The van der Waals surface area contributed by atoms with Crippen molar-refractivity contribution in [3.63, 3.8) is 0 Å². The van der Waals surface area contributed by atoms with Crippen molar-refractivity contribution in [2.75, 3.05) is 0 Å². The van der Waals surface area contributed by atoms with Crippen molar-refractivity contribution in [3.05, 3.63) is 182 Å². The van der Waals surface area contributed by atoms with Crippen LogP contribution in [0.3, 0.4) is 0 Å². The van der Waals surface area contributed by atoms with E-state index >= 15 is 0 Å². The summed E-state index contributed by atoms with van der Waals surface area (Å²) in [6.07, 6.45) is 5.65. The highest BCUT2D eigenvalue weighted by atomic mass is 14.7. The second kappa shape index (κ2) is 11.6. The molecule has 0 aliphatic heterocycles. The number of fused-ring (bicyclic) bond motifs is 11. The van der Waals surface area contributed by atoms with Crippen LogP contribution in [-0.4, -0.2) is 9.97 Å². The number of nitrogens with zero attached hydrogens (tertiary/aromatic N) is 2. The minimum Gasteiger partial charge on any atom is -0.264 e. The van der Waals surface area contributed by atoms with Crippen LogP contribution in [0.25, 0.3) is 109 Å². The van der Waals surface area contributed by atoms with Crippen molar-refractivity contribution in [1.82, 2.24) is 9.97 Å². The van der Waals surface area contributed by atoms with Crippen LogP contribution in [0.15, 0.2) is 176 Å². The van der Waals surface area contributed by atoms with E-state index in [1.54, 1.807) is 6.20 Å². The fraction of sp³-hybridized carbons (Fsp3) is 0.0196. The van der Waals surface area contributed by atoms with E-state index in [4.69, 9.17) is 4.98 Å². The summed E-state index contributed by atoms with van der Waals surface area (Å²) in [6.45, 7) is 2.23. The van der Waals surface area contributed by atoms with Gasteiger partial charge in [-0.2, -0.15) is 0 Å². The first-order chi connectivity index (χ1) is 26.2. The normalized spacial score (nSPS) is 11.9. The van der Waals surface area contributed by atoms with Gasteiger partial charge in [0.15, 0.2) is 0 Å². The van der Waals surface area contributed by atoms with E-state index < -0.39 is 0 Å². The number of hydrogen-bond donors (Lipinski definition) is 0. The average Bonchev–Trinajstić information content (AvgIpc) is 3.23. The lowest BCUT2D eigenvalue weighted by Gasteiger charge is -2.17. The summed E-state index contributed by atoms with van der Waals surface area (Å²) < 4.78 is 0. The van der Waals surface area contributed by atoms with Crippen molar-refractivity contribution in [3.8, 4) is 22.4 Å². The van der Waals surface area contributed by atoms with Crippen molar-refractivity contribution >= 4 is 86.2 Å². The van der Waals surface area contributed by atoms with Gasteiger partial charge in [0.2, 0.25) is 0 Å². The van der Waals surface area contributed by atoms with Gasteiger partial charge in [-0.1, -0.05) is 127 Å². The zero-order valence-electron chi connectivity index (χ0n) is 29.1. The molecule has 2 nitrogen and oxygen atoms in total. The third kappa shape index (κ3) is 4.52. The molecular formula is C51H32N2. The van der Waals surface area contributed by atoms with Crippen LogP contribution >= 0.6 is 0 Å². The fourth-order valence-electron chi connectivity index (χ4n) is 8.80. The number of rotatable bonds is 2. The monoisotopic (exact) mass is 672 g/mol. The Bertz CT molecular complexity index is 3330. The zero-order chi connectivity index (χ0) is 35.0. The molecular weight excluding hydrogens is 641 g/mol. The molecule has 2 heteroatoms. The molecule has 0 atom stereocenters. The molecule has 0 unspecified atom stereocenters. The maximum Gasteiger partial charge on any atom is 0.0717 e. The van der Waals surface area contributed by atoms with E-state index in [0.717, 1.165) is 22.4 Å². The molecule has 0 saturated carbocycles. The number of aryl methyl sites for hydroxylation is 1. The Hall–Kier alpha value is -6.90. The van der Waals surface area contributed by atoms with Crippen LogP contribution in [0.1, 0.15) is 5.56 Å². The Morgan fingerprint density at radius 1 is 0.340 bits per heavy atom. The molecule has 9 aromatic carbocycles. The van der Waals surface area contributed by atoms with E-state index in [2.05, 4.69) is 164 Å². The van der Waals surface area contributed by atoms with Crippen molar-refractivity contribution in [1.29, 1.82) is 0 Å². The summed E-state index contributed by atoms with van der Waals surface area (Å²) in [5.74, 6) is 0. The predicted octanol–water partition coefficient (Wildman–Crippen LogP) is 13.9. The Kier molecular flexibility index (Phi) is 6.50. The number of aromatic nitrogens is 2. The number of pyridine rings is 2. The first-order valence-corrected chi connectivity index (χ1v) is 18.2. The number of benzene rings is 8. The smallest absolute Gasteiger partial charge is 0.0717 e. The lowest BCUT2D eigenvalue weighted by molar-refractivity contribution is 1.28. The van der Waals surface area contributed by atoms with Gasteiger partial charge in [0.25, 0.3) is 0 Å². The SMILES string of the molecule is Cc1ccc2ccc3c4c5ccccc5c5ccccc5c5ccccc5c5ccc(-c6ccc(-c7cccnc7)nc6)cc5c4cc4ccc1c2c43. The van der Waals surface area contributed by atoms with Gasteiger partial charge in [-0.3, -0.25) is 9.97 Å². The molecule has 11 aromatic rings. The summed E-state index contributed by atoms with van der Waals surface area (Å²) in [5.41, 5.74) is 5.43. The van der Waals surface area contributed by atoms with Crippen LogP contribution in [0.2, 0.25) is 0 Å². The van der Waals surface area contributed by atoms with E-state index in [9.17, 15) is 0 Å². The maximum atomic E-state index is 4.89. The average molecular weight is 673 g/mol. The molecule has 0 bridgehead atoms. The van der Waals surface area contributed by atoms with Gasteiger partial charge in [0.1, 0.15) is 0 Å².